The van der Waals surface area contributed by atoms with Crippen molar-refractivity contribution in [2.24, 2.45) is 0 Å². The van der Waals surface area contributed by atoms with Crippen LogP contribution in [0.5, 0.6) is 0 Å². The molecule has 0 unspecified atom stereocenters. The van der Waals surface area contributed by atoms with Gasteiger partial charge < -0.3 is 14.2 Å². The molecule has 2 aliphatic rings. The summed E-state index contributed by atoms with van der Waals surface area (Å²) in [5.74, 6) is -0.544. The monoisotopic (exact) mass is 300 g/mol. The molecule has 1 aromatic carbocycles. The number of aryl methyl sites for hydroxylation is 1. The van der Waals surface area contributed by atoms with Crippen LogP contribution in [0, 0.1) is 6.92 Å². The highest BCUT2D eigenvalue weighted by Crippen LogP contribution is 2.41. The zero-order chi connectivity index (χ0) is 15.3. The zero-order valence-corrected chi connectivity index (χ0v) is 13.0. The number of rotatable bonds is 2. The van der Waals surface area contributed by atoms with Crippen molar-refractivity contribution < 1.29 is 14.2 Å². The van der Waals surface area contributed by atoms with Crippen molar-refractivity contribution in [2.75, 3.05) is 6.61 Å². The average molecular weight is 300 g/mol. The molecule has 1 N–H and O–H groups in total. The number of H-pyrrole nitrogens is 1. The maximum absolute atomic E-state index is 5.98. The van der Waals surface area contributed by atoms with Gasteiger partial charge >= 0.3 is 0 Å². The number of hydrogen-bond acceptors (Lipinski definition) is 4. The Labute approximate surface area is 129 Å². The third-order valence-electron chi connectivity index (χ3n) is 4.21. The molecule has 5 heteroatoms. The lowest BCUT2D eigenvalue weighted by Gasteiger charge is -2.20. The Hall–Kier alpha value is -1.69. The topological polar surface area (TPSA) is 56.4 Å². The fourth-order valence-corrected chi connectivity index (χ4v) is 3.16. The van der Waals surface area contributed by atoms with Gasteiger partial charge in [-0.1, -0.05) is 29.8 Å². The van der Waals surface area contributed by atoms with E-state index in [0.717, 1.165) is 17.0 Å². The Balaban J connectivity index is 1.58. The lowest BCUT2D eigenvalue weighted by Crippen LogP contribution is -2.25. The molecule has 22 heavy (non-hydrogen) atoms. The van der Waals surface area contributed by atoms with Crippen molar-refractivity contribution in [3.05, 3.63) is 41.6 Å². The second-order valence-corrected chi connectivity index (χ2v) is 6.47. The first kappa shape index (κ1) is 13.9. The molecule has 5 nitrogen and oxygen atoms in total. The van der Waals surface area contributed by atoms with Crippen LogP contribution in [0.3, 0.4) is 0 Å². The number of fused-ring (bicyclic) bond motifs is 1. The average Bonchev–Trinajstić information content (AvgIpc) is 3.13. The van der Waals surface area contributed by atoms with Crippen LogP contribution in [0.2, 0.25) is 0 Å². The fraction of sp³-hybridized carbons (Fsp3) is 0.471. The number of aromatic amines is 1. The van der Waals surface area contributed by atoms with E-state index in [9.17, 15) is 0 Å². The molecule has 4 rings (SSSR count). The molecule has 2 saturated heterocycles. The molecule has 0 spiro atoms. The minimum atomic E-state index is -0.544. The van der Waals surface area contributed by atoms with E-state index in [2.05, 4.69) is 41.4 Å². The molecule has 3 heterocycles. The van der Waals surface area contributed by atoms with Gasteiger partial charge in [0.25, 0.3) is 0 Å². The fourth-order valence-electron chi connectivity index (χ4n) is 3.16. The summed E-state index contributed by atoms with van der Waals surface area (Å²) in [5, 5.41) is 7.50. The Morgan fingerprint density at radius 2 is 1.95 bits per heavy atom. The summed E-state index contributed by atoms with van der Waals surface area (Å²) in [6.07, 6.45) is -0.245. The molecule has 2 fully saturated rings. The van der Waals surface area contributed by atoms with Gasteiger partial charge in [0.1, 0.15) is 18.3 Å². The molecule has 0 bridgehead atoms. The first-order valence-electron chi connectivity index (χ1n) is 7.61. The summed E-state index contributed by atoms with van der Waals surface area (Å²) in [6.45, 7) is 6.50. The van der Waals surface area contributed by atoms with Crippen molar-refractivity contribution in [1.82, 2.24) is 10.2 Å². The molecule has 0 saturated carbocycles. The Kier molecular flexibility index (Phi) is 3.11. The third-order valence-corrected chi connectivity index (χ3v) is 4.21. The zero-order valence-electron chi connectivity index (χ0n) is 13.0. The van der Waals surface area contributed by atoms with Gasteiger partial charge in [0, 0.05) is 5.56 Å². The van der Waals surface area contributed by atoms with Crippen LogP contribution in [0.25, 0.3) is 11.3 Å². The van der Waals surface area contributed by atoms with E-state index in [0.29, 0.717) is 6.61 Å². The Morgan fingerprint density at radius 3 is 2.73 bits per heavy atom. The van der Waals surface area contributed by atoms with Crippen molar-refractivity contribution in [3.63, 3.8) is 0 Å². The summed E-state index contributed by atoms with van der Waals surface area (Å²) in [5.41, 5.74) is 4.18. The molecule has 1 aromatic heterocycles. The second-order valence-electron chi connectivity index (χ2n) is 6.47. The predicted octanol–water partition coefficient (Wildman–Crippen LogP) is 2.98. The number of nitrogens with one attached hydrogen (secondary N) is 1. The van der Waals surface area contributed by atoms with Crippen LogP contribution in [-0.2, 0) is 14.2 Å². The van der Waals surface area contributed by atoms with Crippen LogP contribution < -0.4 is 0 Å². The highest BCUT2D eigenvalue weighted by Gasteiger charge is 2.51. The second kappa shape index (κ2) is 4.91. The van der Waals surface area contributed by atoms with E-state index in [1.807, 2.05) is 19.9 Å². The maximum atomic E-state index is 5.98. The van der Waals surface area contributed by atoms with Crippen LogP contribution in [0.1, 0.15) is 31.2 Å². The van der Waals surface area contributed by atoms with Crippen LogP contribution in [0.4, 0.5) is 0 Å². The normalized spacial score (nSPS) is 29.7. The smallest absolute Gasteiger partial charge is 0.164 e. The molecule has 2 aromatic rings. The van der Waals surface area contributed by atoms with Crippen molar-refractivity contribution >= 4 is 0 Å². The highest BCUT2D eigenvalue weighted by atomic mass is 16.8. The number of ether oxygens (including phenoxy) is 3. The summed E-state index contributed by atoms with van der Waals surface area (Å²) in [6, 6.07) is 10.4. The van der Waals surface area contributed by atoms with Gasteiger partial charge in [-0.25, -0.2) is 0 Å². The first-order valence-corrected chi connectivity index (χ1v) is 7.61. The van der Waals surface area contributed by atoms with Gasteiger partial charge in [0.2, 0.25) is 0 Å². The molecular formula is C17H20N2O3. The predicted molar refractivity (Wildman–Crippen MR) is 81.3 cm³/mol. The van der Waals surface area contributed by atoms with E-state index in [4.69, 9.17) is 14.2 Å². The Morgan fingerprint density at radius 1 is 1.18 bits per heavy atom. The number of hydrogen-bond donors (Lipinski definition) is 1. The van der Waals surface area contributed by atoms with E-state index in [1.165, 1.54) is 5.56 Å². The number of nitrogens with zero attached hydrogens (tertiary/aromatic N) is 1. The lowest BCUT2D eigenvalue weighted by atomic mass is 10.1. The Bertz CT molecular complexity index is 677. The van der Waals surface area contributed by atoms with Gasteiger partial charge in [0.15, 0.2) is 5.79 Å². The standard InChI is InChI=1S/C17H20N2O3/c1-10-4-6-11(7-5-10)12-8-13(19-18-12)15-16-14(9-20-15)21-17(2,3)22-16/h4-8,14-16H,9H2,1-3H3,(H,18,19)/t14-,15-,16-/m1/s1. The van der Waals surface area contributed by atoms with Crippen LogP contribution in [-0.4, -0.2) is 34.8 Å². The molecule has 0 amide bonds. The molecule has 116 valence electrons. The summed E-state index contributed by atoms with van der Waals surface area (Å²) < 4.78 is 17.7. The van der Waals surface area contributed by atoms with Gasteiger partial charge in [-0.15, -0.1) is 0 Å². The van der Waals surface area contributed by atoms with Crippen molar-refractivity contribution in [3.8, 4) is 11.3 Å². The van der Waals surface area contributed by atoms with E-state index < -0.39 is 5.79 Å². The summed E-state index contributed by atoms with van der Waals surface area (Å²) >= 11 is 0. The van der Waals surface area contributed by atoms with E-state index in [1.54, 1.807) is 0 Å². The first-order chi connectivity index (χ1) is 10.5. The van der Waals surface area contributed by atoms with Crippen LogP contribution >= 0.6 is 0 Å². The van der Waals surface area contributed by atoms with Gasteiger partial charge in [-0.05, 0) is 26.8 Å². The number of aromatic nitrogens is 2. The van der Waals surface area contributed by atoms with E-state index in [-0.39, 0.29) is 18.3 Å². The van der Waals surface area contributed by atoms with Crippen LogP contribution in [0.15, 0.2) is 30.3 Å². The van der Waals surface area contributed by atoms with E-state index >= 15 is 0 Å². The quantitative estimate of drug-likeness (QED) is 0.926. The minimum absolute atomic E-state index is 0.00822. The minimum Gasteiger partial charge on any atom is -0.366 e. The van der Waals surface area contributed by atoms with Crippen molar-refractivity contribution in [2.45, 2.75) is 44.9 Å². The molecular weight excluding hydrogens is 280 g/mol. The molecule has 2 aliphatic heterocycles. The van der Waals surface area contributed by atoms with Crippen molar-refractivity contribution in [1.29, 1.82) is 0 Å². The van der Waals surface area contributed by atoms with Gasteiger partial charge in [-0.2, -0.15) is 5.10 Å². The molecule has 3 atom stereocenters. The van der Waals surface area contributed by atoms with Gasteiger partial charge in [-0.3, -0.25) is 5.10 Å². The molecule has 0 aliphatic carbocycles. The number of benzene rings is 1. The summed E-state index contributed by atoms with van der Waals surface area (Å²) in [7, 11) is 0. The third kappa shape index (κ3) is 2.35. The maximum Gasteiger partial charge on any atom is 0.164 e. The summed E-state index contributed by atoms with van der Waals surface area (Å²) in [4.78, 5) is 0. The van der Waals surface area contributed by atoms with Gasteiger partial charge in [0.05, 0.1) is 18.0 Å². The lowest BCUT2D eigenvalue weighted by molar-refractivity contribution is -0.175. The largest absolute Gasteiger partial charge is 0.366 e. The SMILES string of the molecule is Cc1ccc(-c2cc([C@H]3OC[C@H]4OC(C)(C)O[C@@H]34)[nH]n2)cc1. The highest BCUT2D eigenvalue weighted by molar-refractivity contribution is 5.59. The molecule has 0 radical (unpaired) electrons.